The number of hydrogen-bond acceptors (Lipinski definition) is 1. The van der Waals surface area contributed by atoms with E-state index in [-0.39, 0.29) is 6.04 Å². The summed E-state index contributed by atoms with van der Waals surface area (Å²) in [5.41, 5.74) is 7.19. The van der Waals surface area contributed by atoms with Crippen LogP contribution in [0, 0.1) is 0 Å². The number of nitrogens with zero attached hydrogens (tertiary/aromatic N) is 1. The Bertz CT molecular complexity index is 263. The van der Waals surface area contributed by atoms with E-state index in [1.165, 1.54) is 31.4 Å². The predicted octanol–water partition coefficient (Wildman–Crippen LogP) is 2.96. The summed E-state index contributed by atoms with van der Waals surface area (Å²) in [5, 5.41) is 0. The molecule has 0 aliphatic rings. The zero-order chi connectivity index (χ0) is 11.1. The van der Waals surface area contributed by atoms with Crippen LogP contribution < -0.4 is 5.73 Å². The molecule has 1 atom stereocenters. The van der Waals surface area contributed by atoms with Gasteiger partial charge in [0.05, 0.1) is 0 Å². The van der Waals surface area contributed by atoms with E-state index in [2.05, 4.69) is 36.7 Å². The summed E-state index contributed by atoms with van der Waals surface area (Å²) in [6.07, 6.45) is 8.44. The molecule has 15 heavy (non-hydrogen) atoms. The van der Waals surface area contributed by atoms with Gasteiger partial charge in [-0.3, -0.25) is 0 Å². The Balaban J connectivity index is 2.36. The molecule has 1 unspecified atom stereocenters. The van der Waals surface area contributed by atoms with Crippen LogP contribution in [0.15, 0.2) is 18.3 Å². The van der Waals surface area contributed by atoms with Gasteiger partial charge < -0.3 is 10.3 Å². The van der Waals surface area contributed by atoms with Gasteiger partial charge in [0.2, 0.25) is 0 Å². The maximum Gasteiger partial charge on any atom is 0.0222 e. The lowest BCUT2D eigenvalue weighted by Gasteiger charge is -2.10. The summed E-state index contributed by atoms with van der Waals surface area (Å²) in [6, 6.07) is 4.56. The Kier molecular flexibility index (Phi) is 5.48. The molecular weight excluding hydrogens is 184 g/mol. The van der Waals surface area contributed by atoms with Crippen LogP contribution in [0.2, 0.25) is 0 Å². The number of aryl methyl sites for hydroxylation is 1. The van der Waals surface area contributed by atoms with E-state index in [1.54, 1.807) is 0 Å². The number of hydrogen-bond donors (Lipinski definition) is 1. The van der Waals surface area contributed by atoms with Crippen molar-refractivity contribution in [1.82, 2.24) is 4.57 Å². The molecule has 0 aliphatic heterocycles. The van der Waals surface area contributed by atoms with E-state index >= 15 is 0 Å². The van der Waals surface area contributed by atoms with Crippen molar-refractivity contribution in [2.75, 3.05) is 0 Å². The molecule has 1 heterocycles. The second-order valence-electron chi connectivity index (χ2n) is 4.43. The molecule has 2 N–H and O–H groups in total. The molecule has 0 radical (unpaired) electrons. The van der Waals surface area contributed by atoms with Crippen LogP contribution in [0.5, 0.6) is 0 Å². The minimum atomic E-state index is 0.259. The summed E-state index contributed by atoms with van der Waals surface area (Å²) in [5.74, 6) is 0. The molecule has 0 aliphatic carbocycles. The Morgan fingerprint density at radius 2 is 2.13 bits per heavy atom. The molecule has 1 aromatic heterocycles. The lowest BCUT2D eigenvalue weighted by molar-refractivity contribution is 0.560. The molecule has 2 heteroatoms. The van der Waals surface area contributed by atoms with Crippen molar-refractivity contribution in [2.24, 2.45) is 5.73 Å². The van der Waals surface area contributed by atoms with E-state index < -0.39 is 0 Å². The summed E-state index contributed by atoms with van der Waals surface area (Å²) in [4.78, 5) is 0. The molecule has 0 saturated heterocycles. The van der Waals surface area contributed by atoms with Gasteiger partial charge in [-0.25, -0.2) is 0 Å². The highest BCUT2D eigenvalue weighted by Gasteiger charge is 2.02. The van der Waals surface area contributed by atoms with Crippen molar-refractivity contribution < 1.29 is 0 Å². The Morgan fingerprint density at radius 3 is 2.80 bits per heavy atom. The minimum absolute atomic E-state index is 0.259. The van der Waals surface area contributed by atoms with Gasteiger partial charge in [-0.15, -0.1) is 0 Å². The van der Waals surface area contributed by atoms with Crippen LogP contribution in [0.25, 0.3) is 0 Å². The molecule has 0 spiro atoms. The van der Waals surface area contributed by atoms with Gasteiger partial charge in [0.25, 0.3) is 0 Å². The van der Waals surface area contributed by atoms with Crippen molar-refractivity contribution >= 4 is 0 Å². The molecule has 1 rings (SSSR count). The highest BCUT2D eigenvalue weighted by atomic mass is 15.0. The number of rotatable bonds is 7. The first-order valence-electron chi connectivity index (χ1n) is 6.13. The van der Waals surface area contributed by atoms with Gasteiger partial charge in [-0.2, -0.15) is 0 Å². The summed E-state index contributed by atoms with van der Waals surface area (Å²) in [7, 11) is 0. The van der Waals surface area contributed by atoms with Gasteiger partial charge in [0.1, 0.15) is 0 Å². The van der Waals surface area contributed by atoms with E-state index in [0.717, 1.165) is 13.0 Å². The minimum Gasteiger partial charge on any atom is -0.351 e. The van der Waals surface area contributed by atoms with Crippen LogP contribution in [0.1, 0.15) is 45.2 Å². The lowest BCUT2D eigenvalue weighted by atomic mass is 10.2. The molecule has 0 saturated carbocycles. The van der Waals surface area contributed by atoms with Crippen molar-refractivity contribution in [3.05, 3.63) is 24.0 Å². The van der Waals surface area contributed by atoms with Gasteiger partial charge >= 0.3 is 0 Å². The second kappa shape index (κ2) is 6.67. The average molecular weight is 208 g/mol. The third-order valence-corrected chi connectivity index (χ3v) is 2.71. The highest BCUT2D eigenvalue weighted by molar-refractivity contribution is 5.08. The lowest BCUT2D eigenvalue weighted by Crippen LogP contribution is -2.19. The third-order valence-electron chi connectivity index (χ3n) is 2.71. The topological polar surface area (TPSA) is 30.9 Å². The Labute approximate surface area is 93.5 Å². The Morgan fingerprint density at radius 1 is 1.33 bits per heavy atom. The first kappa shape index (κ1) is 12.3. The molecule has 1 aromatic rings. The maximum atomic E-state index is 5.82. The standard InChI is InChI=1S/C13H24N2/c1-3-4-5-6-9-15-10-7-8-13(15)11-12(2)14/h7-8,10,12H,3-6,9,11,14H2,1-2H3. The molecule has 0 aromatic carbocycles. The van der Waals surface area contributed by atoms with E-state index in [9.17, 15) is 0 Å². The zero-order valence-corrected chi connectivity index (χ0v) is 10.1. The van der Waals surface area contributed by atoms with E-state index in [0.29, 0.717) is 0 Å². The van der Waals surface area contributed by atoms with E-state index in [4.69, 9.17) is 5.73 Å². The van der Waals surface area contributed by atoms with Gasteiger partial charge in [-0.05, 0) is 25.5 Å². The van der Waals surface area contributed by atoms with Gasteiger partial charge in [-0.1, -0.05) is 26.2 Å². The zero-order valence-electron chi connectivity index (χ0n) is 10.1. The van der Waals surface area contributed by atoms with Gasteiger partial charge in [0, 0.05) is 30.9 Å². The molecule has 86 valence electrons. The first-order valence-corrected chi connectivity index (χ1v) is 6.13. The Hall–Kier alpha value is -0.760. The van der Waals surface area contributed by atoms with Gasteiger partial charge in [0.15, 0.2) is 0 Å². The summed E-state index contributed by atoms with van der Waals surface area (Å²) in [6.45, 7) is 5.46. The smallest absolute Gasteiger partial charge is 0.0222 e. The maximum absolute atomic E-state index is 5.82. The number of nitrogens with two attached hydrogens (primary N) is 1. The fraction of sp³-hybridized carbons (Fsp3) is 0.692. The third kappa shape index (κ3) is 4.52. The normalized spacial score (nSPS) is 13.0. The van der Waals surface area contributed by atoms with Crippen molar-refractivity contribution in [1.29, 1.82) is 0 Å². The van der Waals surface area contributed by atoms with Crippen LogP contribution in [-0.2, 0) is 13.0 Å². The number of unbranched alkanes of at least 4 members (excludes halogenated alkanes) is 3. The molecular formula is C13H24N2. The quantitative estimate of drug-likeness (QED) is 0.686. The second-order valence-corrected chi connectivity index (χ2v) is 4.43. The SMILES string of the molecule is CCCCCCn1cccc1CC(C)N. The van der Waals surface area contributed by atoms with Crippen LogP contribution in [0.4, 0.5) is 0 Å². The largest absolute Gasteiger partial charge is 0.351 e. The van der Waals surface area contributed by atoms with E-state index in [1.807, 2.05) is 0 Å². The monoisotopic (exact) mass is 208 g/mol. The summed E-state index contributed by atoms with van der Waals surface area (Å²) >= 11 is 0. The van der Waals surface area contributed by atoms with Crippen LogP contribution in [-0.4, -0.2) is 10.6 Å². The molecule has 0 amide bonds. The van der Waals surface area contributed by atoms with Crippen molar-refractivity contribution in [2.45, 2.75) is 58.5 Å². The molecule has 0 bridgehead atoms. The van der Waals surface area contributed by atoms with Crippen LogP contribution in [0.3, 0.4) is 0 Å². The number of aromatic nitrogens is 1. The molecule has 0 fully saturated rings. The first-order chi connectivity index (χ1) is 7.24. The highest BCUT2D eigenvalue weighted by Crippen LogP contribution is 2.08. The summed E-state index contributed by atoms with van der Waals surface area (Å²) < 4.78 is 2.35. The van der Waals surface area contributed by atoms with Crippen molar-refractivity contribution in [3.63, 3.8) is 0 Å². The fourth-order valence-corrected chi connectivity index (χ4v) is 1.89. The molecule has 2 nitrogen and oxygen atoms in total. The average Bonchev–Trinajstić information content (AvgIpc) is 2.59. The van der Waals surface area contributed by atoms with Crippen LogP contribution >= 0.6 is 0 Å². The predicted molar refractivity (Wildman–Crippen MR) is 65.9 cm³/mol. The van der Waals surface area contributed by atoms with Crippen molar-refractivity contribution in [3.8, 4) is 0 Å². The fourth-order valence-electron chi connectivity index (χ4n) is 1.89.